The highest BCUT2D eigenvalue weighted by Crippen LogP contribution is 2.25. The Morgan fingerprint density at radius 1 is 1.31 bits per heavy atom. The van der Waals surface area contributed by atoms with Crippen LogP contribution in [0.15, 0.2) is 30.6 Å². The summed E-state index contributed by atoms with van der Waals surface area (Å²) in [5, 5.41) is 0. The molecule has 0 aliphatic heterocycles. The molecule has 2 rings (SSSR count). The fourth-order valence-electron chi connectivity index (χ4n) is 1.36. The van der Waals surface area contributed by atoms with Crippen molar-refractivity contribution in [1.82, 2.24) is 9.97 Å². The first-order valence-corrected chi connectivity index (χ1v) is 4.62. The van der Waals surface area contributed by atoms with Crippen LogP contribution in [0.5, 0.6) is 5.88 Å². The van der Waals surface area contributed by atoms with E-state index in [9.17, 15) is 4.39 Å². The molecule has 0 saturated carbocycles. The van der Waals surface area contributed by atoms with Crippen LogP contribution in [0, 0.1) is 5.95 Å². The van der Waals surface area contributed by atoms with Gasteiger partial charge in [0.05, 0.1) is 19.0 Å². The summed E-state index contributed by atoms with van der Waals surface area (Å²) in [7, 11) is 1.50. The molecule has 5 heteroatoms. The number of nitrogen functional groups attached to an aromatic ring is 1. The predicted molar refractivity (Wildman–Crippen MR) is 58.4 cm³/mol. The second kappa shape index (κ2) is 4.14. The van der Waals surface area contributed by atoms with Crippen LogP contribution < -0.4 is 10.5 Å². The lowest BCUT2D eigenvalue weighted by atomic mass is 10.1. The highest BCUT2D eigenvalue weighted by Gasteiger charge is 2.08. The van der Waals surface area contributed by atoms with E-state index in [1.807, 2.05) is 0 Å². The molecule has 16 heavy (non-hydrogen) atoms. The smallest absolute Gasteiger partial charge is 0.220 e. The van der Waals surface area contributed by atoms with E-state index in [2.05, 4.69) is 9.97 Å². The zero-order valence-electron chi connectivity index (χ0n) is 8.64. The molecule has 0 atom stereocenters. The Morgan fingerprint density at radius 2 is 2.12 bits per heavy atom. The third kappa shape index (κ3) is 1.93. The highest BCUT2D eigenvalue weighted by atomic mass is 19.1. The SMILES string of the molecule is COc1cc(-c2cc(N)cnc2F)ccn1. The summed E-state index contributed by atoms with van der Waals surface area (Å²) in [5.74, 6) is -0.151. The summed E-state index contributed by atoms with van der Waals surface area (Å²) in [6.45, 7) is 0. The number of hydrogen-bond acceptors (Lipinski definition) is 4. The Morgan fingerprint density at radius 3 is 2.88 bits per heavy atom. The van der Waals surface area contributed by atoms with Gasteiger partial charge in [0.15, 0.2) is 0 Å². The summed E-state index contributed by atoms with van der Waals surface area (Å²) in [6.07, 6.45) is 2.81. The van der Waals surface area contributed by atoms with Crippen LogP contribution in [0.3, 0.4) is 0 Å². The summed E-state index contributed by atoms with van der Waals surface area (Å²) in [4.78, 5) is 7.50. The molecule has 2 aromatic heterocycles. The predicted octanol–water partition coefficient (Wildman–Crippen LogP) is 1.87. The van der Waals surface area contributed by atoms with Crippen molar-refractivity contribution < 1.29 is 9.13 Å². The number of nitrogens with zero attached hydrogens (tertiary/aromatic N) is 2. The van der Waals surface area contributed by atoms with E-state index in [4.69, 9.17) is 10.5 Å². The molecule has 0 unspecified atom stereocenters. The Kier molecular flexibility index (Phi) is 2.68. The number of ether oxygens (including phenoxy) is 1. The van der Waals surface area contributed by atoms with Gasteiger partial charge in [-0.3, -0.25) is 0 Å². The van der Waals surface area contributed by atoms with E-state index < -0.39 is 5.95 Å². The van der Waals surface area contributed by atoms with Crippen LogP contribution >= 0.6 is 0 Å². The van der Waals surface area contributed by atoms with Crippen LogP contribution in [0.25, 0.3) is 11.1 Å². The number of methoxy groups -OCH3 is 1. The molecule has 0 saturated heterocycles. The van der Waals surface area contributed by atoms with Crippen molar-refractivity contribution in [1.29, 1.82) is 0 Å². The highest BCUT2D eigenvalue weighted by molar-refractivity contribution is 5.67. The van der Waals surface area contributed by atoms with Gasteiger partial charge < -0.3 is 10.5 Å². The summed E-state index contributed by atoms with van der Waals surface area (Å²) in [6, 6.07) is 4.82. The third-order valence-electron chi connectivity index (χ3n) is 2.12. The Hall–Kier alpha value is -2.17. The van der Waals surface area contributed by atoms with E-state index >= 15 is 0 Å². The first kappa shape index (κ1) is 10.4. The number of rotatable bonds is 2. The van der Waals surface area contributed by atoms with Gasteiger partial charge in [0.1, 0.15) is 0 Å². The van der Waals surface area contributed by atoms with Gasteiger partial charge in [0, 0.05) is 17.8 Å². The van der Waals surface area contributed by atoms with Crippen LogP contribution in [0.2, 0.25) is 0 Å². The molecule has 2 aromatic rings. The minimum absolute atomic E-state index is 0.334. The Balaban J connectivity index is 2.53. The fraction of sp³-hybridized carbons (Fsp3) is 0.0909. The maximum Gasteiger partial charge on any atom is 0.220 e. The monoisotopic (exact) mass is 219 g/mol. The van der Waals surface area contributed by atoms with Crippen molar-refractivity contribution in [2.75, 3.05) is 12.8 Å². The van der Waals surface area contributed by atoms with Gasteiger partial charge in [-0.25, -0.2) is 9.97 Å². The van der Waals surface area contributed by atoms with Gasteiger partial charge in [0.2, 0.25) is 11.8 Å². The fourth-order valence-corrected chi connectivity index (χ4v) is 1.36. The number of nitrogens with two attached hydrogens (primary N) is 1. The first-order valence-electron chi connectivity index (χ1n) is 4.62. The molecular formula is C11H10FN3O. The average Bonchev–Trinajstić information content (AvgIpc) is 2.32. The zero-order chi connectivity index (χ0) is 11.5. The van der Waals surface area contributed by atoms with Crippen molar-refractivity contribution in [2.24, 2.45) is 0 Å². The largest absolute Gasteiger partial charge is 0.481 e. The molecule has 0 aromatic carbocycles. The normalized spacial score (nSPS) is 10.1. The summed E-state index contributed by atoms with van der Waals surface area (Å²) < 4.78 is 18.4. The summed E-state index contributed by atoms with van der Waals surface area (Å²) in [5.41, 5.74) is 6.93. The lowest BCUT2D eigenvalue weighted by Crippen LogP contribution is -1.94. The topological polar surface area (TPSA) is 61.0 Å². The number of hydrogen-bond donors (Lipinski definition) is 1. The molecule has 0 amide bonds. The van der Waals surface area contributed by atoms with E-state index in [0.29, 0.717) is 22.7 Å². The van der Waals surface area contributed by atoms with Gasteiger partial charge in [-0.1, -0.05) is 0 Å². The van der Waals surface area contributed by atoms with Crippen molar-refractivity contribution in [3.8, 4) is 17.0 Å². The first-order chi connectivity index (χ1) is 7.70. The van der Waals surface area contributed by atoms with E-state index in [1.54, 1.807) is 12.1 Å². The molecule has 0 radical (unpaired) electrons. The molecule has 0 bridgehead atoms. The maximum absolute atomic E-state index is 13.5. The maximum atomic E-state index is 13.5. The molecule has 0 fully saturated rings. The van der Waals surface area contributed by atoms with Crippen molar-refractivity contribution in [2.45, 2.75) is 0 Å². The summed E-state index contributed by atoms with van der Waals surface area (Å²) >= 11 is 0. The molecule has 2 N–H and O–H groups in total. The van der Waals surface area contributed by atoms with Crippen molar-refractivity contribution >= 4 is 5.69 Å². The van der Waals surface area contributed by atoms with Gasteiger partial charge in [-0.2, -0.15) is 4.39 Å². The second-order valence-electron chi connectivity index (χ2n) is 3.19. The second-order valence-corrected chi connectivity index (χ2v) is 3.19. The molecule has 4 nitrogen and oxygen atoms in total. The average molecular weight is 219 g/mol. The Bertz CT molecular complexity index is 516. The number of pyridine rings is 2. The minimum atomic E-state index is -0.567. The van der Waals surface area contributed by atoms with E-state index in [-0.39, 0.29) is 0 Å². The van der Waals surface area contributed by atoms with Crippen LogP contribution in [-0.2, 0) is 0 Å². The molecule has 0 aliphatic rings. The van der Waals surface area contributed by atoms with Crippen LogP contribution in [0.4, 0.5) is 10.1 Å². The zero-order valence-corrected chi connectivity index (χ0v) is 8.64. The lowest BCUT2D eigenvalue weighted by molar-refractivity contribution is 0.398. The number of halogens is 1. The van der Waals surface area contributed by atoms with Crippen LogP contribution in [0.1, 0.15) is 0 Å². The molecule has 82 valence electrons. The third-order valence-corrected chi connectivity index (χ3v) is 2.12. The van der Waals surface area contributed by atoms with Crippen molar-refractivity contribution in [3.63, 3.8) is 0 Å². The molecule has 0 aliphatic carbocycles. The quantitative estimate of drug-likeness (QED) is 0.783. The van der Waals surface area contributed by atoms with Gasteiger partial charge in [0.25, 0.3) is 0 Å². The molecule has 0 spiro atoms. The molecular weight excluding hydrogens is 209 g/mol. The van der Waals surface area contributed by atoms with Gasteiger partial charge in [-0.15, -0.1) is 0 Å². The number of anilines is 1. The minimum Gasteiger partial charge on any atom is -0.481 e. The van der Waals surface area contributed by atoms with Gasteiger partial charge >= 0.3 is 0 Å². The van der Waals surface area contributed by atoms with Crippen LogP contribution in [-0.4, -0.2) is 17.1 Å². The van der Waals surface area contributed by atoms with Crippen molar-refractivity contribution in [3.05, 3.63) is 36.5 Å². The Labute approximate surface area is 91.9 Å². The lowest BCUT2D eigenvalue weighted by Gasteiger charge is -2.05. The molecule has 2 heterocycles. The number of aromatic nitrogens is 2. The standard InChI is InChI=1S/C11H10FN3O/c1-16-10-4-7(2-3-14-10)9-5-8(13)6-15-11(9)12/h2-6H,13H2,1H3. The van der Waals surface area contributed by atoms with Gasteiger partial charge in [-0.05, 0) is 17.7 Å². The van der Waals surface area contributed by atoms with E-state index in [0.717, 1.165) is 0 Å². The van der Waals surface area contributed by atoms with E-state index in [1.165, 1.54) is 25.6 Å².